The monoisotopic (exact) mass is 188 g/mol. The maximum Gasteiger partial charge on any atom is 0.150 e. The minimum atomic E-state index is 0.268. The second-order valence-electron chi connectivity index (χ2n) is 2.44. The lowest BCUT2D eigenvalue weighted by molar-refractivity contribution is 0.112. The van der Waals surface area contributed by atoms with E-state index in [1.54, 1.807) is 30.6 Å². The molecule has 0 atom stereocenters. The molecule has 0 aliphatic heterocycles. The first-order chi connectivity index (χ1) is 6.88. The molecular weight excluding hydrogens is 180 g/mol. The van der Waals surface area contributed by atoms with Gasteiger partial charge in [0.15, 0.2) is 6.29 Å². The summed E-state index contributed by atoms with van der Waals surface area (Å²) in [5, 5.41) is 3.33. The van der Waals surface area contributed by atoms with E-state index in [0.29, 0.717) is 5.56 Å². The van der Waals surface area contributed by atoms with Crippen molar-refractivity contribution in [2.75, 3.05) is 6.54 Å². The van der Waals surface area contributed by atoms with Crippen LogP contribution >= 0.6 is 0 Å². The van der Waals surface area contributed by atoms with E-state index in [-0.39, 0.29) is 6.54 Å². The number of hydrogen-bond donors (Lipinski definition) is 0. The predicted molar refractivity (Wildman–Crippen MR) is 52.7 cm³/mol. The van der Waals surface area contributed by atoms with Gasteiger partial charge in [-0.2, -0.15) is 0 Å². The molecule has 0 saturated heterocycles. The second-order valence-corrected chi connectivity index (χ2v) is 2.44. The maximum atomic E-state index is 10.6. The normalized spacial score (nSPS) is 9.71. The third-order valence-corrected chi connectivity index (χ3v) is 1.56. The number of hydrogen-bond acceptors (Lipinski definition) is 3. The second kappa shape index (κ2) is 5.50. The van der Waals surface area contributed by atoms with Crippen LogP contribution in [0.15, 0.2) is 29.7 Å². The van der Waals surface area contributed by atoms with Crippen LogP contribution in [-0.2, 0) is 0 Å². The van der Waals surface area contributed by atoms with Crippen LogP contribution in [0.3, 0.4) is 0 Å². The van der Waals surface area contributed by atoms with Gasteiger partial charge in [-0.25, -0.2) is 0 Å². The Morgan fingerprint density at radius 3 is 3.14 bits per heavy atom. The van der Waals surface area contributed by atoms with Crippen molar-refractivity contribution in [1.82, 2.24) is 4.98 Å². The standard InChI is InChI=1S/C9H8N4O/c10-13-12-4-1-2-8-6-11-5-3-9(8)7-14/h1-3,5-7H,4H2. The van der Waals surface area contributed by atoms with Crippen molar-refractivity contribution in [2.45, 2.75) is 0 Å². The fraction of sp³-hybridized carbons (Fsp3) is 0.111. The summed E-state index contributed by atoms with van der Waals surface area (Å²) in [5.74, 6) is 0. The van der Waals surface area contributed by atoms with Crippen LogP contribution in [-0.4, -0.2) is 17.8 Å². The zero-order chi connectivity index (χ0) is 10.2. The molecule has 1 heterocycles. The zero-order valence-corrected chi connectivity index (χ0v) is 7.37. The molecular formula is C9H8N4O. The van der Waals surface area contributed by atoms with Gasteiger partial charge < -0.3 is 0 Å². The Kier molecular flexibility index (Phi) is 3.91. The molecule has 5 heteroatoms. The molecule has 0 fully saturated rings. The van der Waals surface area contributed by atoms with Crippen LogP contribution in [0.2, 0.25) is 0 Å². The van der Waals surface area contributed by atoms with Crippen LogP contribution in [0.4, 0.5) is 0 Å². The Labute approximate surface area is 80.7 Å². The summed E-state index contributed by atoms with van der Waals surface area (Å²) in [5.41, 5.74) is 9.31. The predicted octanol–water partition coefficient (Wildman–Crippen LogP) is 2.22. The third-order valence-electron chi connectivity index (χ3n) is 1.56. The topological polar surface area (TPSA) is 78.7 Å². The van der Waals surface area contributed by atoms with Crippen molar-refractivity contribution in [3.63, 3.8) is 0 Å². The van der Waals surface area contributed by atoms with Gasteiger partial charge in [-0.1, -0.05) is 17.3 Å². The molecule has 5 nitrogen and oxygen atoms in total. The molecule has 1 rings (SSSR count). The molecule has 1 aromatic heterocycles. The van der Waals surface area contributed by atoms with Gasteiger partial charge in [-0.3, -0.25) is 9.78 Å². The van der Waals surface area contributed by atoms with Gasteiger partial charge in [-0.15, -0.1) is 0 Å². The Bertz CT molecular complexity index is 394. The van der Waals surface area contributed by atoms with Gasteiger partial charge in [0.2, 0.25) is 0 Å². The SMILES string of the molecule is [N-]=[N+]=NCC=Cc1cnccc1C=O. The van der Waals surface area contributed by atoms with Crippen molar-refractivity contribution < 1.29 is 4.79 Å². The fourth-order valence-electron chi connectivity index (χ4n) is 0.927. The largest absolute Gasteiger partial charge is 0.298 e. The summed E-state index contributed by atoms with van der Waals surface area (Å²) in [6.07, 6.45) is 7.26. The van der Waals surface area contributed by atoms with Crippen molar-refractivity contribution in [3.05, 3.63) is 46.1 Å². The van der Waals surface area contributed by atoms with Crippen molar-refractivity contribution in [1.29, 1.82) is 0 Å². The highest BCUT2D eigenvalue weighted by molar-refractivity contribution is 5.81. The number of rotatable bonds is 4. The summed E-state index contributed by atoms with van der Waals surface area (Å²) in [6, 6.07) is 1.63. The number of aldehydes is 1. The van der Waals surface area contributed by atoms with E-state index in [0.717, 1.165) is 11.8 Å². The third kappa shape index (κ3) is 2.73. The lowest BCUT2D eigenvalue weighted by atomic mass is 10.1. The first kappa shape index (κ1) is 9.95. The number of pyridine rings is 1. The van der Waals surface area contributed by atoms with E-state index in [1.807, 2.05) is 0 Å². The van der Waals surface area contributed by atoms with Crippen LogP contribution in [0.5, 0.6) is 0 Å². The molecule has 0 spiro atoms. The van der Waals surface area contributed by atoms with Crippen LogP contribution in [0.1, 0.15) is 15.9 Å². The van der Waals surface area contributed by atoms with Crippen LogP contribution in [0, 0.1) is 0 Å². The minimum Gasteiger partial charge on any atom is -0.298 e. The van der Waals surface area contributed by atoms with Gasteiger partial charge in [0.25, 0.3) is 0 Å². The summed E-state index contributed by atoms with van der Waals surface area (Å²) in [7, 11) is 0. The molecule has 0 aromatic carbocycles. The molecule has 1 aromatic rings. The van der Waals surface area contributed by atoms with E-state index in [4.69, 9.17) is 5.53 Å². The first-order valence-corrected chi connectivity index (χ1v) is 3.95. The number of aromatic nitrogens is 1. The summed E-state index contributed by atoms with van der Waals surface area (Å²) >= 11 is 0. The van der Waals surface area contributed by atoms with Crippen molar-refractivity contribution in [3.8, 4) is 0 Å². The number of carbonyl (C=O) groups excluding carboxylic acids is 1. The highest BCUT2D eigenvalue weighted by atomic mass is 16.1. The molecule has 14 heavy (non-hydrogen) atoms. The first-order valence-electron chi connectivity index (χ1n) is 3.95. The molecule has 0 bridgehead atoms. The van der Waals surface area contributed by atoms with Crippen molar-refractivity contribution in [2.24, 2.45) is 5.11 Å². The van der Waals surface area contributed by atoms with Gasteiger partial charge in [0.1, 0.15) is 0 Å². The average Bonchev–Trinajstić information content (AvgIpc) is 2.25. The summed E-state index contributed by atoms with van der Waals surface area (Å²) in [4.78, 5) is 17.0. The van der Waals surface area contributed by atoms with E-state index in [1.165, 1.54) is 0 Å². The van der Waals surface area contributed by atoms with Crippen molar-refractivity contribution >= 4 is 12.4 Å². The molecule has 70 valence electrons. The molecule has 0 N–H and O–H groups in total. The minimum absolute atomic E-state index is 0.268. The van der Waals surface area contributed by atoms with E-state index < -0.39 is 0 Å². The Hall–Kier alpha value is -2.13. The molecule has 0 amide bonds. The highest BCUT2D eigenvalue weighted by Gasteiger charge is 1.95. The highest BCUT2D eigenvalue weighted by Crippen LogP contribution is 2.05. The van der Waals surface area contributed by atoms with Gasteiger partial charge >= 0.3 is 0 Å². The molecule has 0 radical (unpaired) electrons. The Morgan fingerprint density at radius 1 is 1.57 bits per heavy atom. The van der Waals surface area contributed by atoms with Gasteiger partial charge in [0, 0.05) is 35.0 Å². The quantitative estimate of drug-likeness (QED) is 0.314. The molecule has 0 unspecified atom stereocenters. The Balaban J connectivity index is 2.79. The average molecular weight is 188 g/mol. The van der Waals surface area contributed by atoms with Gasteiger partial charge in [-0.05, 0) is 11.6 Å². The number of azide groups is 1. The van der Waals surface area contributed by atoms with E-state index >= 15 is 0 Å². The van der Waals surface area contributed by atoms with E-state index in [2.05, 4.69) is 15.0 Å². The summed E-state index contributed by atoms with van der Waals surface area (Å²) in [6.45, 7) is 0.268. The summed E-state index contributed by atoms with van der Waals surface area (Å²) < 4.78 is 0. The fourth-order valence-corrected chi connectivity index (χ4v) is 0.927. The van der Waals surface area contributed by atoms with Gasteiger partial charge in [0.05, 0.1) is 0 Å². The maximum absolute atomic E-state index is 10.6. The zero-order valence-electron chi connectivity index (χ0n) is 7.37. The Morgan fingerprint density at radius 2 is 2.43 bits per heavy atom. The molecule has 0 aliphatic carbocycles. The number of nitrogens with zero attached hydrogens (tertiary/aromatic N) is 4. The van der Waals surface area contributed by atoms with Crippen LogP contribution < -0.4 is 0 Å². The molecule has 0 saturated carbocycles. The number of carbonyl (C=O) groups is 1. The molecule has 0 aliphatic rings. The lowest BCUT2D eigenvalue weighted by Gasteiger charge is -1.95. The van der Waals surface area contributed by atoms with E-state index in [9.17, 15) is 4.79 Å². The smallest absolute Gasteiger partial charge is 0.150 e. The lowest BCUT2D eigenvalue weighted by Crippen LogP contribution is -1.86. The van der Waals surface area contributed by atoms with Crippen LogP contribution in [0.25, 0.3) is 16.5 Å².